The number of thioether (sulfide) groups is 1. The highest BCUT2D eigenvalue weighted by atomic mass is 32.2. The molecule has 0 saturated carbocycles. The van der Waals surface area contributed by atoms with E-state index in [0.29, 0.717) is 13.0 Å². The number of likely N-dealkylation sites (N-methyl/N-ethyl adjacent to an activating group) is 2. The average molecular weight is 261 g/mol. The lowest BCUT2D eigenvalue weighted by molar-refractivity contribution is -0.134. The maximum Gasteiger partial charge on any atom is 0.244 e. The van der Waals surface area contributed by atoms with E-state index in [1.807, 2.05) is 20.4 Å². The van der Waals surface area contributed by atoms with E-state index in [-0.39, 0.29) is 11.8 Å². The van der Waals surface area contributed by atoms with Crippen LogP contribution in [0.25, 0.3) is 0 Å². The number of nitrogens with zero attached hydrogens (tertiary/aromatic N) is 2. The first-order valence-electron chi connectivity index (χ1n) is 5.52. The quantitative estimate of drug-likeness (QED) is 0.694. The Morgan fingerprint density at radius 3 is 2.24 bits per heavy atom. The van der Waals surface area contributed by atoms with Gasteiger partial charge in [-0.2, -0.15) is 11.8 Å². The molecule has 0 bridgehead atoms. The average Bonchev–Trinajstić information content (AvgIpc) is 2.21. The van der Waals surface area contributed by atoms with E-state index in [0.717, 1.165) is 5.75 Å². The van der Waals surface area contributed by atoms with Crippen LogP contribution >= 0.6 is 11.8 Å². The minimum absolute atomic E-state index is 0.0499. The lowest BCUT2D eigenvalue weighted by Crippen LogP contribution is -2.48. The first kappa shape index (κ1) is 16.2. The summed E-state index contributed by atoms with van der Waals surface area (Å²) >= 11 is 1.67. The minimum Gasteiger partial charge on any atom is -0.347 e. The zero-order valence-electron chi connectivity index (χ0n) is 11.3. The Morgan fingerprint density at radius 1 is 1.24 bits per heavy atom. The molecule has 0 unspecified atom stereocenters. The van der Waals surface area contributed by atoms with Gasteiger partial charge in [-0.3, -0.25) is 9.59 Å². The number of nitrogens with one attached hydrogen (secondary N) is 1. The number of hydrogen-bond donors (Lipinski definition) is 1. The predicted octanol–water partition coefficient (Wildman–Crippen LogP) is -0.126. The van der Waals surface area contributed by atoms with Crippen LogP contribution in [-0.4, -0.2) is 74.4 Å². The molecular formula is C11H23N3O2S. The number of rotatable bonds is 7. The smallest absolute Gasteiger partial charge is 0.244 e. The maximum absolute atomic E-state index is 11.9. The summed E-state index contributed by atoms with van der Waals surface area (Å²) < 4.78 is 0. The number of carbonyl (C=O) groups is 2. The van der Waals surface area contributed by atoms with Crippen molar-refractivity contribution in [1.29, 1.82) is 0 Å². The van der Waals surface area contributed by atoms with Gasteiger partial charge in [0.1, 0.15) is 6.04 Å². The Morgan fingerprint density at radius 2 is 1.82 bits per heavy atom. The fourth-order valence-corrected chi connectivity index (χ4v) is 1.80. The summed E-state index contributed by atoms with van der Waals surface area (Å²) in [4.78, 5) is 26.8. The molecular weight excluding hydrogens is 238 g/mol. The topological polar surface area (TPSA) is 52.7 Å². The van der Waals surface area contributed by atoms with Gasteiger partial charge in [-0.25, -0.2) is 0 Å². The van der Waals surface area contributed by atoms with Crippen molar-refractivity contribution in [2.24, 2.45) is 0 Å². The zero-order valence-corrected chi connectivity index (χ0v) is 12.1. The van der Waals surface area contributed by atoms with E-state index >= 15 is 0 Å². The molecule has 0 aliphatic heterocycles. The summed E-state index contributed by atoms with van der Waals surface area (Å²) in [5, 5.41) is 2.78. The van der Waals surface area contributed by atoms with E-state index in [9.17, 15) is 9.59 Å². The van der Waals surface area contributed by atoms with Crippen molar-refractivity contribution in [3.63, 3.8) is 0 Å². The summed E-state index contributed by atoms with van der Waals surface area (Å²) in [5.41, 5.74) is 0. The third-order valence-electron chi connectivity index (χ3n) is 2.14. The third kappa shape index (κ3) is 7.23. The molecule has 0 radical (unpaired) electrons. The van der Waals surface area contributed by atoms with Crippen LogP contribution in [0.2, 0.25) is 0 Å². The first-order chi connectivity index (χ1) is 7.88. The maximum atomic E-state index is 11.9. The van der Waals surface area contributed by atoms with Crippen LogP contribution in [0.4, 0.5) is 0 Å². The molecule has 1 atom stereocenters. The molecule has 2 amide bonds. The van der Waals surface area contributed by atoms with Gasteiger partial charge in [-0.15, -0.1) is 0 Å². The van der Waals surface area contributed by atoms with Crippen LogP contribution in [0.15, 0.2) is 0 Å². The van der Waals surface area contributed by atoms with Crippen LogP contribution in [0, 0.1) is 0 Å². The van der Waals surface area contributed by atoms with Crippen LogP contribution in [-0.2, 0) is 9.59 Å². The van der Waals surface area contributed by atoms with Crippen molar-refractivity contribution < 1.29 is 9.59 Å². The van der Waals surface area contributed by atoms with Crippen LogP contribution < -0.4 is 5.32 Å². The molecule has 0 aromatic rings. The highest BCUT2D eigenvalue weighted by Crippen LogP contribution is 2.03. The number of amides is 2. The second-order valence-electron chi connectivity index (χ2n) is 4.37. The molecule has 0 fully saturated rings. The third-order valence-corrected chi connectivity index (χ3v) is 2.79. The Hall–Kier alpha value is -0.750. The van der Waals surface area contributed by atoms with E-state index in [2.05, 4.69) is 5.32 Å². The van der Waals surface area contributed by atoms with Gasteiger partial charge in [-0.05, 0) is 32.5 Å². The van der Waals surface area contributed by atoms with Crippen molar-refractivity contribution in [2.45, 2.75) is 12.5 Å². The molecule has 17 heavy (non-hydrogen) atoms. The molecule has 5 nitrogen and oxygen atoms in total. The minimum atomic E-state index is -0.412. The lowest BCUT2D eigenvalue weighted by atomic mass is 10.2. The van der Waals surface area contributed by atoms with Crippen LogP contribution in [0.3, 0.4) is 0 Å². The van der Waals surface area contributed by atoms with E-state index in [1.165, 1.54) is 4.90 Å². The Balaban J connectivity index is 4.37. The van der Waals surface area contributed by atoms with Crippen molar-refractivity contribution in [2.75, 3.05) is 46.7 Å². The highest BCUT2D eigenvalue weighted by molar-refractivity contribution is 7.98. The molecule has 100 valence electrons. The van der Waals surface area contributed by atoms with Gasteiger partial charge in [0.2, 0.25) is 11.8 Å². The van der Waals surface area contributed by atoms with Crippen LogP contribution in [0.5, 0.6) is 0 Å². The highest BCUT2D eigenvalue weighted by Gasteiger charge is 2.21. The Labute approximate surface area is 108 Å². The SMILES string of the molecule is CSCC[C@H](NC(=O)CN(C)C)C(=O)N(C)C. The molecule has 1 N–H and O–H groups in total. The van der Waals surface area contributed by atoms with Gasteiger partial charge >= 0.3 is 0 Å². The molecule has 0 saturated heterocycles. The Bertz CT molecular complexity index is 257. The second-order valence-corrected chi connectivity index (χ2v) is 5.36. The first-order valence-corrected chi connectivity index (χ1v) is 6.92. The Kier molecular flexibility index (Phi) is 7.99. The largest absolute Gasteiger partial charge is 0.347 e. The van der Waals surface area contributed by atoms with Crippen molar-refractivity contribution in [1.82, 2.24) is 15.1 Å². The van der Waals surface area contributed by atoms with E-state index in [1.54, 1.807) is 30.8 Å². The normalized spacial score (nSPS) is 12.4. The van der Waals surface area contributed by atoms with Gasteiger partial charge in [0.05, 0.1) is 6.54 Å². The fourth-order valence-electron chi connectivity index (χ4n) is 1.33. The summed E-state index contributed by atoms with van der Waals surface area (Å²) in [6.45, 7) is 0.302. The molecule has 0 spiro atoms. The summed E-state index contributed by atoms with van der Waals surface area (Å²) in [7, 11) is 7.05. The van der Waals surface area contributed by atoms with Crippen molar-refractivity contribution in [3.05, 3.63) is 0 Å². The molecule has 0 aromatic heterocycles. The van der Waals surface area contributed by atoms with Crippen molar-refractivity contribution in [3.8, 4) is 0 Å². The van der Waals surface area contributed by atoms with Gasteiger partial charge in [0.25, 0.3) is 0 Å². The van der Waals surface area contributed by atoms with Gasteiger partial charge < -0.3 is 15.1 Å². The zero-order chi connectivity index (χ0) is 13.4. The molecule has 0 aliphatic rings. The molecule has 0 heterocycles. The van der Waals surface area contributed by atoms with Gasteiger partial charge in [0.15, 0.2) is 0 Å². The van der Waals surface area contributed by atoms with Gasteiger partial charge in [0, 0.05) is 14.1 Å². The van der Waals surface area contributed by atoms with E-state index < -0.39 is 6.04 Å². The molecule has 0 aromatic carbocycles. The van der Waals surface area contributed by atoms with Crippen molar-refractivity contribution >= 4 is 23.6 Å². The molecule has 0 rings (SSSR count). The summed E-state index contributed by atoms with van der Waals surface area (Å²) in [5.74, 6) is 0.689. The lowest BCUT2D eigenvalue weighted by Gasteiger charge is -2.22. The van der Waals surface area contributed by atoms with Gasteiger partial charge in [-0.1, -0.05) is 0 Å². The predicted molar refractivity (Wildman–Crippen MR) is 72.2 cm³/mol. The monoisotopic (exact) mass is 261 g/mol. The standard InChI is InChI=1S/C11H23N3O2S/c1-13(2)8-10(15)12-9(6-7-17-5)11(16)14(3)4/h9H,6-8H2,1-5H3,(H,12,15)/t9-/m0/s1. The van der Waals surface area contributed by atoms with E-state index in [4.69, 9.17) is 0 Å². The summed E-state index contributed by atoms with van der Waals surface area (Å²) in [6, 6.07) is -0.412. The summed E-state index contributed by atoms with van der Waals surface area (Å²) in [6.07, 6.45) is 2.65. The van der Waals surface area contributed by atoms with Crippen LogP contribution in [0.1, 0.15) is 6.42 Å². The fraction of sp³-hybridized carbons (Fsp3) is 0.818. The number of hydrogen-bond acceptors (Lipinski definition) is 4. The second kappa shape index (κ2) is 8.36. The number of carbonyl (C=O) groups excluding carboxylic acids is 2. The molecule has 0 aliphatic carbocycles. The molecule has 6 heteroatoms.